The Morgan fingerprint density at radius 1 is 1.11 bits per heavy atom. The lowest BCUT2D eigenvalue weighted by Crippen LogP contribution is -2.09. The van der Waals surface area contributed by atoms with E-state index in [9.17, 15) is 13.2 Å². The van der Waals surface area contributed by atoms with E-state index >= 15 is 0 Å². The molecule has 0 unspecified atom stereocenters. The predicted molar refractivity (Wildman–Crippen MR) is 110 cm³/mol. The number of hydrogen-bond acceptors (Lipinski definition) is 4. The van der Waals surface area contributed by atoms with Crippen LogP contribution in [0.2, 0.25) is 0 Å². The number of hydrogen-bond donors (Lipinski definition) is 1. The first-order chi connectivity index (χ1) is 13.3. The van der Waals surface area contributed by atoms with Crippen molar-refractivity contribution in [2.45, 2.75) is 18.9 Å². The van der Waals surface area contributed by atoms with E-state index in [1.165, 1.54) is 24.4 Å². The molecule has 0 aliphatic carbocycles. The fourth-order valence-corrected chi connectivity index (χ4v) is 3.51. The smallest absolute Gasteiger partial charge is 0.248 e. The van der Waals surface area contributed by atoms with Gasteiger partial charge in [-0.3, -0.25) is 4.79 Å². The van der Waals surface area contributed by atoms with E-state index in [4.69, 9.17) is 0 Å². The molecule has 0 aliphatic heterocycles. The molecule has 2 heterocycles. The Labute approximate surface area is 164 Å². The minimum atomic E-state index is -3.36. The lowest BCUT2D eigenvalue weighted by Gasteiger charge is -2.09. The van der Waals surface area contributed by atoms with Crippen LogP contribution in [0.25, 0.3) is 11.8 Å². The standard InChI is InChI=1S/C21H21N3O3S/c1-15-13-17(16(2)24(15)19-7-5-4-6-8-19)9-11-20(25)23-18-10-12-21(22-14-18)28(3,26)27/h4-14H,1-3H3,(H,23,25). The molecule has 0 aliphatic rings. The van der Waals surface area contributed by atoms with Crippen LogP contribution in [0.1, 0.15) is 17.0 Å². The highest BCUT2D eigenvalue weighted by molar-refractivity contribution is 7.90. The number of anilines is 1. The number of amides is 1. The summed E-state index contributed by atoms with van der Waals surface area (Å²) < 4.78 is 25.0. The van der Waals surface area contributed by atoms with Gasteiger partial charge in [-0.1, -0.05) is 18.2 Å². The van der Waals surface area contributed by atoms with Gasteiger partial charge < -0.3 is 9.88 Å². The maximum atomic E-state index is 12.2. The summed E-state index contributed by atoms with van der Waals surface area (Å²) in [5.41, 5.74) is 4.55. The van der Waals surface area contributed by atoms with Crippen LogP contribution in [0, 0.1) is 13.8 Å². The summed E-state index contributed by atoms with van der Waals surface area (Å²) in [6.45, 7) is 4.03. The van der Waals surface area contributed by atoms with E-state index in [2.05, 4.69) is 14.9 Å². The van der Waals surface area contributed by atoms with Gasteiger partial charge in [-0.15, -0.1) is 0 Å². The second-order valence-corrected chi connectivity index (χ2v) is 8.44. The highest BCUT2D eigenvalue weighted by atomic mass is 32.2. The molecule has 0 radical (unpaired) electrons. The number of para-hydroxylation sites is 1. The van der Waals surface area contributed by atoms with Crippen LogP contribution in [0.3, 0.4) is 0 Å². The molecule has 3 aromatic rings. The van der Waals surface area contributed by atoms with Gasteiger partial charge >= 0.3 is 0 Å². The van der Waals surface area contributed by atoms with E-state index < -0.39 is 9.84 Å². The Hall–Kier alpha value is -3.19. The molecule has 0 saturated heterocycles. The molecule has 2 aromatic heterocycles. The monoisotopic (exact) mass is 395 g/mol. The zero-order chi connectivity index (χ0) is 20.3. The topological polar surface area (TPSA) is 81.1 Å². The molecule has 0 fully saturated rings. The van der Waals surface area contributed by atoms with Crippen LogP contribution in [-0.4, -0.2) is 30.1 Å². The molecule has 6 nitrogen and oxygen atoms in total. The van der Waals surface area contributed by atoms with Crippen LogP contribution in [0.4, 0.5) is 5.69 Å². The van der Waals surface area contributed by atoms with Gasteiger partial charge in [0.25, 0.3) is 0 Å². The number of carbonyl (C=O) groups excluding carboxylic acids is 1. The molecule has 1 amide bonds. The van der Waals surface area contributed by atoms with Crippen LogP contribution in [0.5, 0.6) is 0 Å². The minimum absolute atomic E-state index is 0.0330. The summed E-state index contributed by atoms with van der Waals surface area (Å²) in [4.78, 5) is 16.0. The van der Waals surface area contributed by atoms with E-state index in [-0.39, 0.29) is 10.9 Å². The molecule has 0 spiro atoms. The van der Waals surface area contributed by atoms with Gasteiger partial charge in [-0.25, -0.2) is 13.4 Å². The Morgan fingerprint density at radius 3 is 2.43 bits per heavy atom. The fourth-order valence-electron chi connectivity index (χ4n) is 2.95. The zero-order valence-corrected chi connectivity index (χ0v) is 16.7. The second kappa shape index (κ2) is 7.82. The normalized spacial score (nSPS) is 11.7. The first kappa shape index (κ1) is 19.6. The quantitative estimate of drug-likeness (QED) is 0.670. The van der Waals surface area contributed by atoms with Gasteiger partial charge in [-0.05, 0) is 55.8 Å². The lowest BCUT2D eigenvalue weighted by molar-refractivity contribution is -0.111. The van der Waals surface area contributed by atoms with Gasteiger partial charge in [0.05, 0.1) is 11.9 Å². The third-order valence-corrected chi connectivity index (χ3v) is 5.28. The van der Waals surface area contributed by atoms with Crippen molar-refractivity contribution in [3.8, 4) is 5.69 Å². The van der Waals surface area contributed by atoms with Crippen molar-refractivity contribution < 1.29 is 13.2 Å². The summed E-state index contributed by atoms with van der Waals surface area (Å²) >= 11 is 0. The zero-order valence-electron chi connectivity index (χ0n) is 15.9. The van der Waals surface area contributed by atoms with Crippen LogP contribution in [0.15, 0.2) is 65.8 Å². The summed E-state index contributed by atoms with van der Waals surface area (Å²) in [6, 6.07) is 14.9. The van der Waals surface area contributed by atoms with Crippen molar-refractivity contribution in [3.05, 3.63) is 77.8 Å². The Morgan fingerprint density at radius 2 is 1.82 bits per heavy atom. The Bertz CT molecular complexity index is 1130. The predicted octanol–water partition coefficient (Wildman–Crippen LogP) is 3.54. The average Bonchev–Trinajstić information content (AvgIpc) is 2.94. The van der Waals surface area contributed by atoms with Crippen molar-refractivity contribution in [2.75, 3.05) is 11.6 Å². The third kappa shape index (κ3) is 4.37. The number of aromatic nitrogens is 2. The highest BCUT2D eigenvalue weighted by Gasteiger charge is 2.10. The van der Waals surface area contributed by atoms with E-state index in [1.807, 2.05) is 50.2 Å². The molecule has 0 bridgehead atoms. The van der Waals surface area contributed by atoms with E-state index in [0.29, 0.717) is 5.69 Å². The minimum Gasteiger partial charge on any atom is -0.321 e. The van der Waals surface area contributed by atoms with Crippen LogP contribution >= 0.6 is 0 Å². The number of nitrogens with zero attached hydrogens (tertiary/aromatic N) is 2. The van der Waals surface area contributed by atoms with Gasteiger partial charge in [0.15, 0.2) is 14.9 Å². The molecule has 0 atom stereocenters. The Kier molecular flexibility index (Phi) is 5.46. The number of rotatable bonds is 5. The Balaban J connectivity index is 1.75. The van der Waals surface area contributed by atoms with Gasteiger partial charge in [0.1, 0.15) is 0 Å². The van der Waals surface area contributed by atoms with Crippen molar-refractivity contribution in [2.24, 2.45) is 0 Å². The molecule has 1 N–H and O–H groups in total. The number of carbonyl (C=O) groups is 1. The summed E-state index contributed by atoms with van der Waals surface area (Å²) in [5, 5.41) is 2.64. The number of nitrogens with one attached hydrogen (secondary N) is 1. The lowest BCUT2D eigenvalue weighted by atomic mass is 10.2. The van der Waals surface area contributed by atoms with E-state index in [1.54, 1.807) is 6.08 Å². The summed E-state index contributed by atoms with van der Waals surface area (Å²) in [5.74, 6) is -0.321. The van der Waals surface area contributed by atoms with Crippen LogP contribution in [-0.2, 0) is 14.6 Å². The molecule has 1 aromatic carbocycles. The number of pyridine rings is 1. The first-order valence-corrected chi connectivity index (χ1v) is 10.5. The van der Waals surface area contributed by atoms with Crippen molar-refractivity contribution in [1.82, 2.24) is 9.55 Å². The maximum Gasteiger partial charge on any atom is 0.248 e. The first-order valence-electron chi connectivity index (χ1n) is 8.65. The van der Waals surface area contributed by atoms with Crippen molar-refractivity contribution in [1.29, 1.82) is 0 Å². The molecular weight excluding hydrogens is 374 g/mol. The SMILES string of the molecule is Cc1cc(C=CC(=O)Nc2ccc(S(C)(=O)=O)nc2)c(C)n1-c1ccccc1. The molecule has 28 heavy (non-hydrogen) atoms. The molecular formula is C21H21N3O3S. The van der Waals surface area contributed by atoms with Crippen LogP contribution < -0.4 is 5.32 Å². The van der Waals surface area contributed by atoms with Gasteiger partial charge in [-0.2, -0.15) is 0 Å². The molecule has 0 saturated carbocycles. The largest absolute Gasteiger partial charge is 0.321 e. The van der Waals surface area contributed by atoms with Gasteiger partial charge in [0, 0.05) is 29.4 Å². The fraction of sp³-hybridized carbons (Fsp3) is 0.143. The second-order valence-electron chi connectivity index (χ2n) is 6.48. The summed E-state index contributed by atoms with van der Waals surface area (Å²) in [7, 11) is -3.36. The highest BCUT2D eigenvalue weighted by Crippen LogP contribution is 2.21. The third-order valence-electron chi connectivity index (χ3n) is 4.28. The molecule has 7 heteroatoms. The molecule has 3 rings (SSSR count). The number of sulfone groups is 1. The maximum absolute atomic E-state index is 12.2. The average molecular weight is 395 g/mol. The van der Waals surface area contributed by atoms with Crippen molar-refractivity contribution >= 4 is 27.5 Å². The molecule has 144 valence electrons. The number of aryl methyl sites for hydroxylation is 1. The van der Waals surface area contributed by atoms with E-state index in [0.717, 1.165) is 28.9 Å². The van der Waals surface area contributed by atoms with Gasteiger partial charge in [0.2, 0.25) is 5.91 Å². The number of benzene rings is 1. The summed E-state index contributed by atoms with van der Waals surface area (Å²) in [6.07, 6.45) is 5.61. The van der Waals surface area contributed by atoms with Crippen molar-refractivity contribution in [3.63, 3.8) is 0 Å².